The van der Waals surface area contributed by atoms with E-state index in [-0.39, 0.29) is 35.3 Å². The van der Waals surface area contributed by atoms with Crippen molar-refractivity contribution in [3.8, 4) is 11.3 Å². The molecule has 0 unspecified atom stereocenters. The van der Waals surface area contributed by atoms with E-state index in [1.54, 1.807) is 50.3 Å². The van der Waals surface area contributed by atoms with Gasteiger partial charge in [-0.1, -0.05) is 47.1 Å². The van der Waals surface area contributed by atoms with Crippen molar-refractivity contribution in [2.75, 3.05) is 0 Å². The van der Waals surface area contributed by atoms with Crippen molar-refractivity contribution in [2.45, 2.75) is 46.6 Å². The maximum absolute atomic E-state index is 13.3. The third-order valence-corrected chi connectivity index (χ3v) is 6.64. The van der Waals surface area contributed by atoms with E-state index in [2.05, 4.69) is 15.5 Å². The molecular formula is C31H29ClF6N4O. The van der Waals surface area contributed by atoms with E-state index in [0.717, 1.165) is 0 Å². The molecule has 228 valence electrons. The summed E-state index contributed by atoms with van der Waals surface area (Å²) in [4.78, 5) is 4.39. The minimum Gasteiger partial charge on any atom is -0.395 e. The van der Waals surface area contributed by atoms with Crippen molar-refractivity contribution >= 4 is 28.2 Å². The lowest BCUT2D eigenvalue weighted by atomic mass is 10.0. The molecule has 4 aromatic rings. The highest BCUT2D eigenvalue weighted by molar-refractivity contribution is 6.33. The molecule has 0 radical (unpaired) electrons. The maximum atomic E-state index is 13.3. The molecule has 0 aliphatic heterocycles. The minimum atomic E-state index is -4.96. The predicted molar refractivity (Wildman–Crippen MR) is 157 cm³/mol. The fourth-order valence-electron chi connectivity index (χ4n) is 3.95. The van der Waals surface area contributed by atoms with Crippen LogP contribution in [0.2, 0.25) is 5.02 Å². The molecule has 0 atom stereocenters. The van der Waals surface area contributed by atoms with Crippen molar-refractivity contribution < 1.29 is 30.9 Å². The number of rotatable bonds is 6. The molecular weight excluding hydrogens is 594 g/mol. The van der Waals surface area contributed by atoms with Crippen molar-refractivity contribution in [1.29, 1.82) is 0 Å². The Balaban J connectivity index is 0.00000119. The number of nitrogens with one attached hydrogen (secondary N) is 1. The van der Waals surface area contributed by atoms with Gasteiger partial charge in [0.25, 0.3) is 0 Å². The zero-order chi connectivity index (χ0) is 31.9. The van der Waals surface area contributed by atoms with Gasteiger partial charge in [-0.25, -0.2) is 0 Å². The van der Waals surface area contributed by atoms with Crippen LogP contribution in [0.3, 0.4) is 0 Å². The largest absolute Gasteiger partial charge is 0.416 e. The third-order valence-electron chi connectivity index (χ3n) is 6.31. The molecule has 2 heterocycles. The Labute approximate surface area is 249 Å². The standard InChI is InChI=1S/C27H21ClF6N4O.C4H8/c1-3-14(2)23(37-13-15-10-16(26(29,30)31)12-17(11-15)27(32,33)34)22(35)24-21-20(8-9-36-24)38-39-25(21)18-6-4-5-7-19(18)28;1-3-4-2/h3-12,37H,13,35H2,1-2H3;3-4H,1-2H3/b14-3+,23-22-;4-3-. The molecule has 0 bridgehead atoms. The Bertz CT molecular complexity index is 1630. The minimum absolute atomic E-state index is 0.0794. The SMILES string of the molecule is C/C=C(C)/C(NCc1cc(C(F)(F)F)cc(C(F)(F)F)c1)=C(/N)c1nccc2noc(-c3ccccc3Cl)c12.C/C=C\C. The number of fused-ring (bicyclic) bond motifs is 1. The van der Waals surface area contributed by atoms with E-state index in [0.29, 0.717) is 45.0 Å². The highest BCUT2D eigenvalue weighted by Gasteiger charge is 2.37. The average molecular weight is 623 g/mol. The summed E-state index contributed by atoms with van der Waals surface area (Å²) in [6.07, 6.45) is -2.79. The highest BCUT2D eigenvalue weighted by atomic mass is 35.5. The normalized spacial score (nSPS) is 13.1. The number of nitrogens with two attached hydrogens (primary N) is 1. The molecule has 2 aromatic carbocycles. The van der Waals surface area contributed by atoms with E-state index in [4.69, 9.17) is 21.9 Å². The molecule has 0 aliphatic rings. The van der Waals surface area contributed by atoms with Gasteiger partial charge in [-0.3, -0.25) is 4.98 Å². The Morgan fingerprint density at radius 1 is 0.953 bits per heavy atom. The fourth-order valence-corrected chi connectivity index (χ4v) is 4.17. The molecule has 3 N–H and O–H groups in total. The van der Waals surface area contributed by atoms with Gasteiger partial charge in [0, 0.05) is 18.3 Å². The number of alkyl halides is 6. The van der Waals surface area contributed by atoms with Gasteiger partial charge in [-0.05, 0) is 75.2 Å². The molecule has 0 aliphatic carbocycles. The van der Waals surface area contributed by atoms with Gasteiger partial charge >= 0.3 is 12.4 Å². The third kappa shape index (κ3) is 7.98. The summed E-state index contributed by atoms with van der Waals surface area (Å²) in [5, 5.41) is 7.79. The molecule has 0 saturated carbocycles. The van der Waals surface area contributed by atoms with Crippen molar-refractivity contribution in [3.05, 3.63) is 112 Å². The van der Waals surface area contributed by atoms with Gasteiger partial charge in [0.15, 0.2) is 5.76 Å². The monoisotopic (exact) mass is 622 g/mol. The summed E-state index contributed by atoms with van der Waals surface area (Å²) in [6, 6.07) is 9.90. The fraction of sp³-hybridized carbons (Fsp3) is 0.226. The second-order valence-electron chi connectivity index (χ2n) is 9.24. The Morgan fingerprint density at radius 2 is 1.56 bits per heavy atom. The van der Waals surface area contributed by atoms with Gasteiger partial charge in [0.2, 0.25) is 0 Å². The summed E-state index contributed by atoms with van der Waals surface area (Å²) < 4.78 is 85.6. The van der Waals surface area contributed by atoms with Crippen molar-refractivity contribution in [3.63, 3.8) is 0 Å². The quantitative estimate of drug-likeness (QED) is 0.127. The molecule has 4 rings (SSSR count). The van der Waals surface area contributed by atoms with E-state index in [1.807, 2.05) is 26.0 Å². The van der Waals surface area contributed by atoms with Crippen LogP contribution in [0.1, 0.15) is 50.1 Å². The molecule has 43 heavy (non-hydrogen) atoms. The number of hydrogen-bond acceptors (Lipinski definition) is 5. The zero-order valence-corrected chi connectivity index (χ0v) is 24.4. The van der Waals surface area contributed by atoms with Crippen LogP contribution >= 0.6 is 11.6 Å². The van der Waals surface area contributed by atoms with E-state index >= 15 is 0 Å². The van der Waals surface area contributed by atoms with E-state index < -0.39 is 23.5 Å². The number of pyridine rings is 1. The molecule has 0 fully saturated rings. The number of halogens is 7. The van der Waals surface area contributed by atoms with Crippen LogP contribution in [0.4, 0.5) is 26.3 Å². The summed E-state index contributed by atoms with van der Waals surface area (Å²) in [5.74, 6) is 0.298. The molecule has 2 aromatic heterocycles. The van der Waals surface area contributed by atoms with Crippen LogP contribution in [0.15, 0.2) is 88.7 Å². The highest BCUT2D eigenvalue weighted by Crippen LogP contribution is 2.38. The van der Waals surface area contributed by atoms with Crippen LogP contribution in [-0.4, -0.2) is 10.1 Å². The predicted octanol–water partition coefficient (Wildman–Crippen LogP) is 9.55. The van der Waals surface area contributed by atoms with E-state index in [1.165, 1.54) is 6.20 Å². The summed E-state index contributed by atoms with van der Waals surface area (Å²) in [6.45, 7) is 7.01. The average Bonchev–Trinajstić information content (AvgIpc) is 3.40. The van der Waals surface area contributed by atoms with Crippen molar-refractivity contribution in [2.24, 2.45) is 5.73 Å². The number of hydrogen-bond donors (Lipinski definition) is 2. The Hall–Kier alpha value is -4.25. The van der Waals surface area contributed by atoms with Gasteiger partial charge in [0.1, 0.15) is 11.2 Å². The second kappa shape index (κ2) is 13.8. The molecule has 0 amide bonds. The van der Waals surface area contributed by atoms with Gasteiger partial charge in [-0.15, -0.1) is 0 Å². The lowest BCUT2D eigenvalue weighted by molar-refractivity contribution is -0.143. The molecule has 5 nitrogen and oxygen atoms in total. The van der Waals surface area contributed by atoms with Gasteiger partial charge in [0.05, 0.1) is 32.9 Å². The second-order valence-corrected chi connectivity index (χ2v) is 9.65. The Kier molecular flexibility index (Phi) is 10.7. The van der Waals surface area contributed by atoms with Crippen molar-refractivity contribution in [1.82, 2.24) is 15.5 Å². The number of aromatic nitrogens is 2. The lowest BCUT2D eigenvalue weighted by Gasteiger charge is -2.18. The molecule has 12 heteroatoms. The lowest BCUT2D eigenvalue weighted by Crippen LogP contribution is -2.20. The topological polar surface area (TPSA) is 77.0 Å². The van der Waals surface area contributed by atoms with Crippen LogP contribution in [-0.2, 0) is 18.9 Å². The summed E-state index contributed by atoms with van der Waals surface area (Å²) in [7, 11) is 0. The Morgan fingerprint density at radius 3 is 2.09 bits per heavy atom. The first-order valence-electron chi connectivity index (χ1n) is 12.9. The smallest absolute Gasteiger partial charge is 0.395 e. The van der Waals surface area contributed by atoms with Gasteiger partial charge < -0.3 is 15.6 Å². The van der Waals surface area contributed by atoms with Crippen LogP contribution in [0.5, 0.6) is 0 Å². The van der Waals surface area contributed by atoms with Crippen LogP contribution in [0.25, 0.3) is 27.9 Å². The van der Waals surface area contributed by atoms with Crippen LogP contribution in [0, 0.1) is 0 Å². The van der Waals surface area contributed by atoms with E-state index in [9.17, 15) is 26.3 Å². The number of nitrogens with zero attached hydrogens (tertiary/aromatic N) is 2. The van der Waals surface area contributed by atoms with Gasteiger partial charge in [-0.2, -0.15) is 26.3 Å². The first kappa shape index (κ1) is 33.3. The number of allylic oxidation sites excluding steroid dienone is 4. The maximum Gasteiger partial charge on any atom is 0.416 e. The first-order valence-corrected chi connectivity index (χ1v) is 13.3. The summed E-state index contributed by atoms with van der Waals surface area (Å²) >= 11 is 6.36. The molecule has 0 saturated heterocycles. The first-order chi connectivity index (χ1) is 20.2. The molecule has 0 spiro atoms. The zero-order valence-electron chi connectivity index (χ0n) is 23.7. The summed E-state index contributed by atoms with van der Waals surface area (Å²) in [5.41, 5.74) is 5.60. The van der Waals surface area contributed by atoms with Crippen LogP contribution < -0.4 is 11.1 Å². The number of benzene rings is 2.